The van der Waals surface area contributed by atoms with Crippen LogP contribution in [0.1, 0.15) is 162 Å². The van der Waals surface area contributed by atoms with E-state index in [1.807, 2.05) is 14.1 Å². The summed E-state index contributed by atoms with van der Waals surface area (Å²) in [5.74, 6) is 0. The van der Waals surface area contributed by atoms with Crippen LogP contribution in [0.4, 0.5) is 0 Å². The number of nitrogens with one attached hydrogen (secondary N) is 1. The van der Waals surface area contributed by atoms with Crippen LogP contribution >= 0.6 is 11.6 Å². The van der Waals surface area contributed by atoms with Gasteiger partial charge in [-0.15, -0.1) is 11.6 Å². The predicted octanol–water partition coefficient (Wildman–Crippen LogP) is 10.4. The monoisotopic (exact) mass is 445 g/mol. The van der Waals surface area contributed by atoms with Gasteiger partial charge in [0.25, 0.3) is 0 Å². The lowest BCUT2D eigenvalue weighted by atomic mass is 10.0. The molecular formula is C28H60ClN. The Balaban J connectivity index is 0. The lowest BCUT2D eigenvalue weighted by Gasteiger charge is -2.09. The molecule has 0 aliphatic carbocycles. The first-order chi connectivity index (χ1) is 14.7. The van der Waals surface area contributed by atoms with Crippen molar-refractivity contribution in [2.75, 3.05) is 14.1 Å². The van der Waals surface area contributed by atoms with Crippen LogP contribution in [-0.4, -0.2) is 19.5 Å². The summed E-state index contributed by atoms with van der Waals surface area (Å²) in [6, 6.07) is 0. The zero-order valence-corrected chi connectivity index (χ0v) is 22.5. The molecular weight excluding hydrogens is 386 g/mol. The van der Waals surface area contributed by atoms with Crippen molar-refractivity contribution in [1.82, 2.24) is 5.32 Å². The molecule has 0 saturated carbocycles. The number of rotatable bonds is 23. The van der Waals surface area contributed by atoms with E-state index in [4.69, 9.17) is 11.6 Å². The normalized spacial score (nSPS) is 11.9. The Morgan fingerprint density at radius 2 is 0.633 bits per heavy atom. The summed E-state index contributed by atoms with van der Waals surface area (Å²) in [6.07, 6.45) is 32.4. The Morgan fingerprint density at radius 1 is 0.433 bits per heavy atom. The Kier molecular flexibility index (Phi) is 34.0. The molecule has 0 aliphatic heterocycles. The molecule has 0 fully saturated rings. The van der Waals surface area contributed by atoms with Crippen molar-refractivity contribution >= 4 is 11.6 Å². The molecule has 0 aliphatic rings. The van der Waals surface area contributed by atoms with Crippen LogP contribution in [0.25, 0.3) is 0 Å². The number of unbranched alkanes of at least 4 members (excludes halogenated alkanes) is 19. The third-order valence-corrected chi connectivity index (χ3v) is 6.43. The molecule has 0 radical (unpaired) electrons. The molecule has 0 aromatic heterocycles. The molecule has 1 unspecified atom stereocenters. The Labute approximate surface area is 197 Å². The summed E-state index contributed by atoms with van der Waals surface area (Å²) in [5, 5.41) is 3.19. The summed E-state index contributed by atoms with van der Waals surface area (Å²) >= 11 is 6.48. The fraction of sp³-hybridized carbons (Fsp3) is 1.00. The van der Waals surface area contributed by atoms with E-state index in [0.29, 0.717) is 5.38 Å². The third kappa shape index (κ3) is 32.9. The maximum Gasteiger partial charge on any atom is 0.0336 e. The fourth-order valence-corrected chi connectivity index (χ4v) is 4.34. The van der Waals surface area contributed by atoms with Gasteiger partial charge in [-0.1, -0.05) is 149 Å². The number of hydrogen-bond acceptors (Lipinski definition) is 1. The lowest BCUT2D eigenvalue weighted by molar-refractivity contribution is 0.520. The highest BCUT2D eigenvalue weighted by atomic mass is 35.5. The van der Waals surface area contributed by atoms with Crippen LogP contribution in [0.2, 0.25) is 0 Å². The van der Waals surface area contributed by atoms with Crippen LogP contribution in [0.15, 0.2) is 0 Å². The zero-order valence-electron chi connectivity index (χ0n) is 21.7. The van der Waals surface area contributed by atoms with Crippen molar-refractivity contribution in [2.45, 2.75) is 167 Å². The highest BCUT2D eigenvalue weighted by Crippen LogP contribution is 2.18. The van der Waals surface area contributed by atoms with Gasteiger partial charge in [0.15, 0.2) is 0 Å². The standard InChI is InChI=1S/C26H53Cl.C2H7N/c1-3-5-7-9-11-12-13-14-15-16-17-18-19-21-23-25-26(27)24-22-20-10-8-6-4-2;1-3-2/h26H,3-25H2,1-2H3;3H,1-2H3. The van der Waals surface area contributed by atoms with Crippen molar-refractivity contribution < 1.29 is 0 Å². The minimum absolute atomic E-state index is 0.443. The Bertz CT molecular complexity index is 269. The van der Waals surface area contributed by atoms with Gasteiger partial charge < -0.3 is 5.32 Å². The van der Waals surface area contributed by atoms with Crippen LogP contribution in [0, 0.1) is 0 Å². The second kappa shape index (κ2) is 31.4. The molecule has 0 heterocycles. The molecule has 184 valence electrons. The highest BCUT2D eigenvalue weighted by molar-refractivity contribution is 6.20. The Hall–Kier alpha value is 0.250. The van der Waals surface area contributed by atoms with Gasteiger partial charge in [-0.05, 0) is 26.9 Å². The van der Waals surface area contributed by atoms with E-state index in [9.17, 15) is 0 Å². The molecule has 0 aromatic rings. The van der Waals surface area contributed by atoms with Gasteiger partial charge in [0.1, 0.15) is 0 Å². The van der Waals surface area contributed by atoms with Crippen molar-refractivity contribution in [2.24, 2.45) is 0 Å². The molecule has 0 bridgehead atoms. The lowest BCUT2D eigenvalue weighted by Crippen LogP contribution is -1.98. The first-order valence-corrected chi connectivity index (χ1v) is 14.4. The quantitative estimate of drug-likeness (QED) is 0.122. The molecule has 2 heteroatoms. The number of halogens is 1. The average Bonchev–Trinajstić information content (AvgIpc) is 2.74. The van der Waals surface area contributed by atoms with Gasteiger partial charge in [-0.25, -0.2) is 0 Å². The fourth-order valence-electron chi connectivity index (χ4n) is 4.03. The van der Waals surface area contributed by atoms with Gasteiger partial charge in [0.05, 0.1) is 0 Å². The number of alkyl halides is 1. The van der Waals surface area contributed by atoms with Gasteiger partial charge in [-0.3, -0.25) is 0 Å². The molecule has 0 aromatic carbocycles. The average molecular weight is 446 g/mol. The van der Waals surface area contributed by atoms with Gasteiger partial charge in [0, 0.05) is 5.38 Å². The zero-order chi connectivity index (χ0) is 22.5. The molecule has 1 nitrogen and oxygen atoms in total. The van der Waals surface area contributed by atoms with E-state index < -0.39 is 0 Å². The van der Waals surface area contributed by atoms with Crippen LogP contribution < -0.4 is 5.32 Å². The predicted molar refractivity (Wildman–Crippen MR) is 142 cm³/mol. The van der Waals surface area contributed by atoms with Crippen LogP contribution in [-0.2, 0) is 0 Å². The molecule has 1 N–H and O–H groups in total. The van der Waals surface area contributed by atoms with Crippen LogP contribution in [0.5, 0.6) is 0 Å². The van der Waals surface area contributed by atoms with Crippen molar-refractivity contribution in [3.63, 3.8) is 0 Å². The summed E-state index contributed by atoms with van der Waals surface area (Å²) in [4.78, 5) is 0. The first-order valence-electron chi connectivity index (χ1n) is 13.9. The van der Waals surface area contributed by atoms with E-state index in [0.717, 1.165) is 0 Å². The van der Waals surface area contributed by atoms with Gasteiger partial charge in [-0.2, -0.15) is 0 Å². The molecule has 1 atom stereocenters. The van der Waals surface area contributed by atoms with Crippen LogP contribution in [0.3, 0.4) is 0 Å². The largest absolute Gasteiger partial charge is 0.323 e. The van der Waals surface area contributed by atoms with E-state index in [2.05, 4.69) is 19.2 Å². The second-order valence-corrected chi connectivity index (χ2v) is 10.0. The molecule has 0 rings (SSSR count). The highest BCUT2D eigenvalue weighted by Gasteiger charge is 2.04. The molecule has 0 saturated heterocycles. The minimum atomic E-state index is 0.443. The van der Waals surface area contributed by atoms with E-state index in [-0.39, 0.29) is 0 Å². The Morgan fingerprint density at radius 3 is 0.867 bits per heavy atom. The molecule has 30 heavy (non-hydrogen) atoms. The van der Waals surface area contributed by atoms with E-state index in [1.54, 1.807) is 0 Å². The van der Waals surface area contributed by atoms with Crippen molar-refractivity contribution in [3.05, 3.63) is 0 Å². The van der Waals surface area contributed by atoms with Gasteiger partial charge in [0.2, 0.25) is 0 Å². The summed E-state index contributed by atoms with van der Waals surface area (Å²) in [5.41, 5.74) is 0. The number of hydrogen-bond donors (Lipinski definition) is 1. The maximum absolute atomic E-state index is 6.48. The molecule has 0 amide bonds. The van der Waals surface area contributed by atoms with Gasteiger partial charge >= 0.3 is 0 Å². The van der Waals surface area contributed by atoms with E-state index in [1.165, 1.54) is 148 Å². The van der Waals surface area contributed by atoms with E-state index >= 15 is 0 Å². The van der Waals surface area contributed by atoms with Crippen molar-refractivity contribution in [3.8, 4) is 0 Å². The second-order valence-electron chi connectivity index (χ2n) is 9.39. The SMILES string of the molecule is CCCCCCCCCCCCCCCCCC(Cl)CCCCCCCC.CNC. The molecule has 0 spiro atoms. The summed E-state index contributed by atoms with van der Waals surface area (Å²) < 4.78 is 0. The smallest absolute Gasteiger partial charge is 0.0336 e. The minimum Gasteiger partial charge on any atom is -0.323 e. The summed E-state index contributed by atoms with van der Waals surface area (Å²) in [7, 11) is 3.75. The van der Waals surface area contributed by atoms with Crippen molar-refractivity contribution in [1.29, 1.82) is 0 Å². The summed E-state index contributed by atoms with van der Waals surface area (Å²) in [6.45, 7) is 4.58. The third-order valence-electron chi connectivity index (χ3n) is 5.99. The first kappa shape index (κ1) is 32.4. The topological polar surface area (TPSA) is 12.0 Å². The maximum atomic E-state index is 6.48.